The molecule has 3 rings (SSSR count). The summed E-state index contributed by atoms with van der Waals surface area (Å²) in [7, 11) is 0. The summed E-state index contributed by atoms with van der Waals surface area (Å²) in [6.07, 6.45) is 0. The van der Waals surface area contributed by atoms with Gasteiger partial charge in [-0.05, 0) is 30.8 Å². The number of hydrogen-bond acceptors (Lipinski definition) is 4. The maximum atomic E-state index is 6.04. The van der Waals surface area contributed by atoms with Crippen molar-refractivity contribution in [1.29, 1.82) is 0 Å². The van der Waals surface area contributed by atoms with Gasteiger partial charge in [0.15, 0.2) is 5.96 Å². The van der Waals surface area contributed by atoms with E-state index in [2.05, 4.69) is 27.0 Å². The molecule has 1 fully saturated rings. The Morgan fingerprint density at radius 1 is 1.00 bits per heavy atom. The summed E-state index contributed by atoms with van der Waals surface area (Å²) in [5.74, 6) is 1.99. The van der Waals surface area contributed by atoms with Gasteiger partial charge in [-0.15, -0.1) is 0 Å². The predicted octanol–water partition coefficient (Wildman–Crippen LogP) is 2.84. The Bertz CT molecular complexity index is 726. The SMILES string of the molecule is CCN1CCN(CCN=C(N)Nc2cccc(Oc3ccccc3)c2)CC1. The van der Waals surface area contributed by atoms with Crippen molar-refractivity contribution < 1.29 is 4.74 Å². The first-order valence-corrected chi connectivity index (χ1v) is 9.57. The van der Waals surface area contributed by atoms with Gasteiger partial charge in [-0.1, -0.05) is 31.2 Å². The molecular weight excluding hydrogens is 338 g/mol. The second-order valence-corrected chi connectivity index (χ2v) is 6.61. The summed E-state index contributed by atoms with van der Waals surface area (Å²) in [6.45, 7) is 9.49. The lowest BCUT2D eigenvalue weighted by Crippen LogP contribution is -2.46. The van der Waals surface area contributed by atoms with Gasteiger partial charge in [0.2, 0.25) is 0 Å². The minimum atomic E-state index is 0.430. The molecule has 0 unspecified atom stereocenters. The minimum absolute atomic E-state index is 0.430. The third-order valence-electron chi connectivity index (χ3n) is 4.70. The van der Waals surface area contributed by atoms with Gasteiger partial charge in [-0.2, -0.15) is 0 Å². The summed E-state index contributed by atoms with van der Waals surface area (Å²) < 4.78 is 5.85. The molecule has 0 amide bonds. The molecule has 2 aromatic carbocycles. The Kier molecular flexibility index (Phi) is 7.07. The van der Waals surface area contributed by atoms with Crippen LogP contribution in [0.15, 0.2) is 59.6 Å². The molecule has 0 atom stereocenters. The first-order chi connectivity index (χ1) is 13.2. The fourth-order valence-electron chi connectivity index (χ4n) is 3.09. The van der Waals surface area contributed by atoms with Crippen molar-refractivity contribution >= 4 is 11.6 Å². The van der Waals surface area contributed by atoms with E-state index >= 15 is 0 Å². The monoisotopic (exact) mass is 367 g/mol. The summed E-state index contributed by atoms with van der Waals surface area (Å²) in [4.78, 5) is 9.37. The Labute approximate surface area is 161 Å². The van der Waals surface area contributed by atoms with E-state index in [9.17, 15) is 0 Å². The summed E-state index contributed by atoms with van der Waals surface area (Å²) in [6, 6.07) is 17.4. The molecule has 0 aromatic heterocycles. The Hall–Kier alpha value is -2.57. The van der Waals surface area contributed by atoms with Gasteiger partial charge < -0.3 is 20.7 Å². The van der Waals surface area contributed by atoms with Gasteiger partial charge in [0.05, 0.1) is 6.54 Å². The van der Waals surface area contributed by atoms with Crippen LogP contribution >= 0.6 is 0 Å². The van der Waals surface area contributed by atoms with Gasteiger partial charge in [0.25, 0.3) is 0 Å². The Balaban J connectivity index is 1.46. The van der Waals surface area contributed by atoms with E-state index in [-0.39, 0.29) is 0 Å². The van der Waals surface area contributed by atoms with Gasteiger partial charge in [0, 0.05) is 44.5 Å². The fourth-order valence-corrected chi connectivity index (χ4v) is 3.09. The quantitative estimate of drug-likeness (QED) is 0.582. The van der Waals surface area contributed by atoms with Crippen LogP contribution in [0.5, 0.6) is 11.5 Å². The first kappa shape index (κ1) is 19.2. The molecule has 1 aliphatic rings. The average molecular weight is 367 g/mol. The van der Waals surface area contributed by atoms with Crippen LogP contribution in [0.1, 0.15) is 6.92 Å². The smallest absolute Gasteiger partial charge is 0.193 e. The van der Waals surface area contributed by atoms with E-state index in [0.29, 0.717) is 12.5 Å². The second-order valence-electron chi connectivity index (χ2n) is 6.61. The zero-order valence-electron chi connectivity index (χ0n) is 16.0. The highest BCUT2D eigenvalue weighted by atomic mass is 16.5. The molecule has 3 N–H and O–H groups in total. The van der Waals surface area contributed by atoms with Gasteiger partial charge in [0.1, 0.15) is 11.5 Å². The molecule has 0 spiro atoms. The molecule has 2 aromatic rings. The number of benzene rings is 2. The van der Waals surface area contributed by atoms with Gasteiger partial charge in [-0.3, -0.25) is 9.89 Å². The van der Waals surface area contributed by atoms with Gasteiger partial charge in [-0.25, -0.2) is 0 Å². The number of likely N-dealkylation sites (N-methyl/N-ethyl adjacent to an activating group) is 1. The van der Waals surface area contributed by atoms with E-state index in [1.54, 1.807) is 0 Å². The lowest BCUT2D eigenvalue weighted by atomic mass is 10.3. The molecular formula is C21H29N5O. The number of para-hydroxylation sites is 1. The third kappa shape index (κ3) is 6.27. The van der Waals surface area contributed by atoms with Crippen molar-refractivity contribution in [2.75, 3.05) is 51.1 Å². The summed E-state index contributed by atoms with van der Waals surface area (Å²) in [5.41, 5.74) is 6.90. The van der Waals surface area contributed by atoms with E-state index < -0.39 is 0 Å². The zero-order chi connectivity index (χ0) is 18.9. The molecule has 1 heterocycles. The molecule has 1 aliphatic heterocycles. The number of rotatable bonds is 7. The molecule has 6 nitrogen and oxygen atoms in total. The van der Waals surface area contributed by atoms with Crippen molar-refractivity contribution in [3.63, 3.8) is 0 Å². The second kappa shape index (κ2) is 9.94. The highest BCUT2D eigenvalue weighted by Gasteiger charge is 2.14. The van der Waals surface area contributed by atoms with Crippen LogP contribution in [-0.2, 0) is 0 Å². The fraction of sp³-hybridized carbons (Fsp3) is 0.381. The predicted molar refractivity (Wildman–Crippen MR) is 112 cm³/mol. The minimum Gasteiger partial charge on any atom is -0.457 e. The van der Waals surface area contributed by atoms with Crippen LogP contribution in [0.4, 0.5) is 5.69 Å². The molecule has 0 aliphatic carbocycles. The summed E-state index contributed by atoms with van der Waals surface area (Å²) in [5, 5.41) is 3.14. The van der Waals surface area contributed by atoms with Gasteiger partial charge >= 0.3 is 0 Å². The number of nitrogens with one attached hydrogen (secondary N) is 1. The number of ether oxygens (including phenoxy) is 1. The molecule has 27 heavy (non-hydrogen) atoms. The molecule has 144 valence electrons. The zero-order valence-corrected chi connectivity index (χ0v) is 16.0. The topological polar surface area (TPSA) is 66.1 Å². The lowest BCUT2D eigenvalue weighted by Gasteiger charge is -2.33. The average Bonchev–Trinajstić information content (AvgIpc) is 2.69. The number of nitrogens with zero attached hydrogens (tertiary/aromatic N) is 3. The van der Waals surface area contributed by atoms with E-state index in [0.717, 1.165) is 56.5 Å². The Morgan fingerprint density at radius 3 is 2.44 bits per heavy atom. The molecule has 1 saturated heterocycles. The largest absolute Gasteiger partial charge is 0.457 e. The molecule has 0 bridgehead atoms. The van der Waals surface area contributed by atoms with Crippen LogP contribution in [-0.4, -0.2) is 61.6 Å². The first-order valence-electron chi connectivity index (χ1n) is 9.57. The highest BCUT2D eigenvalue weighted by molar-refractivity contribution is 5.92. The van der Waals surface area contributed by atoms with Crippen LogP contribution in [0.3, 0.4) is 0 Å². The highest BCUT2D eigenvalue weighted by Crippen LogP contribution is 2.23. The number of hydrogen-bond donors (Lipinski definition) is 2. The number of guanidine groups is 1. The normalized spacial score (nSPS) is 16.3. The molecule has 0 saturated carbocycles. The van der Waals surface area contributed by atoms with E-state index in [4.69, 9.17) is 10.5 Å². The van der Waals surface area contributed by atoms with Crippen molar-refractivity contribution in [2.45, 2.75) is 6.92 Å². The Morgan fingerprint density at radius 2 is 1.70 bits per heavy atom. The number of nitrogens with two attached hydrogens (primary N) is 1. The van der Waals surface area contributed by atoms with Crippen molar-refractivity contribution in [2.24, 2.45) is 10.7 Å². The maximum Gasteiger partial charge on any atom is 0.193 e. The molecule has 0 radical (unpaired) electrons. The number of aliphatic imine (C=N–C) groups is 1. The van der Waals surface area contributed by atoms with Crippen molar-refractivity contribution in [3.05, 3.63) is 54.6 Å². The maximum absolute atomic E-state index is 6.04. The van der Waals surface area contributed by atoms with E-state index in [1.807, 2.05) is 54.6 Å². The van der Waals surface area contributed by atoms with Crippen molar-refractivity contribution in [1.82, 2.24) is 9.80 Å². The van der Waals surface area contributed by atoms with Crippen molar-refractivity contribution in [3.8, 4) is 11.5 Å². The number of piperazine rings is 1. The standard InChI is InChI=1S/C21H29N5O/c1-2-25-13-15-26(16-14-25)12-11-23-21(22)24-18-7-6-10-20(17-18)27-19-8-4-3-5-9-19/h3-10,17H,2,11-16H2,1H3,(H3,22,23,24). The lowest BCUT2D eigenvalue weighted by molar-refractivity contribution is 0.140. The van der Waals surface area contributed by atoms with Crippen LogP contribution in [0, 0.1) is 0 Å². The van der Waals surface area contributed by atoms with E-state index in [1.165, 1.54) is 0 Å². The van der Waals surface area contributed by atoms with Crippen LogP contribution in [0.25, 0.3) is 0 Å². The summed E-state index contributed by atoms with van der Waals surface area (Å²) >= 11 is 0. The third-order valence-corrected chi connectivity index (χ3v) is 4.70. The molecule has 6 heteroatoms. The van der Waals surface area contributed by atoms with Crippen LogP contribution < -0.4 is 15.8 Å². The number of anilines is 1. The van der Waals surface area contributed by atoms with Crippen LogP contribution in [0.2, 0.25) is 0 Å².